The van der Waals surface area contributed by atoms with Gasteiger partial charge in [-0.25, -0.2) is 0 Å². The van der Waals surface area contributed by atoms with Crippen LogP contribution in [0.25, 0.3) is 10.9 Å². The van der Waals surface area contributed by atoms with E-state index in [0.717, 1.165) is 52.4 Å². The summed E-state index contributed by atoms with van der Waals surface area (Å²) in [5, 5.41) is 3.67. The number of H-pyrrole nitrogens is 1. The summed E-state index contributed by atoms with van der Waals surface area (Å²) in [5.74, 6) is 2.69. The largest absolute Gasteiger partial charge is 0.496 e. The van der Waals surface area contributed by atoms with Crippen molar-refractivity contribution in [3.05, 3.63) is 124 Å². The number of hydrogen-bond donors (Lipinski definition) is 2. The van der Waals surface area contributed by atoms with Gasteiger partial charge in [0.15, 0.2) is 6.04 Å². The molecule has 3 N–H and O–H groups in total. The molecule has 0 spiro atoms. The zero-order chi connectivity index (χ0) is 26.8. The molecule has 5 nitrogen and oxygen atoms in total. The summed E-state index contributed by atoms with van der Waals surface area (Å²) >= 11 is 0. The van der Waals surface area contributed by atoms with Gasteiger partial charge >= 0.3 is 0 Å². The van der Waals surface area contributed by atoms with E-state index in [-0.39, 0.29) is 6.04 Å². The fraction of sp³-hybridized carbons (Fsp3) is 0.235. The predicted molar refractivity (Wildman–Crippen MR) is 155 cm³/mol. The molecule has 0 unspecified atom stereocenters. The standard InChI is InChI=1S/C34H34N2O3/c1-22-8-7-9-23(2)34(22)39-21-26-18-25(12-15-31(26)37-3)32-33-28(16-17-35-32)29-19-27(13-14-30(29)36-33)38-20-24-10-5-4-6-11-24/h4-15,18-19,32,35-36H,16-17,20-21H2,1-3H3/p+1/t32-/m0/s1. The van der Waals surface area contributed by atoms with E-state index in [1.54, 1.807) is 7.11 Å². The number of rotatable bonds is 8. The first-order chi connectivity index (χ1) is 19.1. The van der Waals surface area contributed by atoms with Crippen LogP contribution in [0.4, 0.5) is 0 Å². The first-order valence-electron chi connectivity index (χ1n) is 13.6. The van der Waals surface area contributed by atoms with Crippen LogP contribution in [-0.4, -0.2) is 18.6 Å². The number of ether oxygens (including phenoxy) is 3. The molecule has 39 heavy (non-hydrogen) atoms. The Morgan fingerprint density at radius 2 is 1.67 bits per heavy atom. The van der Waals surface area contributed by atoms with E-state index in [1.165, 1.54) is 27.8 Å². The average Bonchev–Trinajstić information content (AvgIpc) is 3.34. The summed E-state index contributed by atoms with van der Waals surface area (Å²) in [6, 6.07) is 29.6. The van der Waals surface area contributed by atoms with E-state index in [2.05, 4.69) is 90.9 Å². The number of benzene rings is 4. The summed E-state index contributed by atoms with van der Waals surface area (Å²) in [7, 11) is 1.72. The van der Waals surface area contributed by atoms with Gasteiger partial charge in [-0.1, -0.05) is 48.5 Å². The molecule has 0 fully saturated rings. The lowest BCUT2D eigenvalue weighted by molar-refractivity contribution is -0.690. The maximum atomic E-state index is 6.31. The zero-order valence-electron chi connectivity index (χ0n) is 22.8. The molecule has 198 valence electrons. The Kier molecular flexibility index (Phi) is 6.99. The number of quaternary nitrogens is 1. The molecule has 6 rings (SSSR count). The van der Waals surface area contributed by atoms with Crippen LogP contribution >= 0.6 is 0 Å². The highest BCUT2D eigenvalue weighted by Crippen LogP contribution is 2.35. The van der Waals surface area contributed by atoms with Crippen molar-refractivity contribution in [2.24, 2.45) is 0 Å². The summed E-state index contributed by atoms with van der Waals surface area (Å²) in [6.45, 7) is 6.22. The first-order valence-corrected chi connectivity index (χ1v) is 13.6. The van der Waals surface area contributed by atoms with Crippen LogP contribution in [0.15, 0.2) is 84.9 Å². The van der Waals surface area contributed by atoms with Crippen molar-refractivity contribution in [2.75, 3.05) is 13.7 Å². The van der Waals surface area contributed by atoms with Gasteiger partial charge in [0, 0.05) is 28.5 Å². The quantitative estimate of drug-likeness (QED) is 0.258. The molecule has 0 saturated carbocycles. The van der Waals surface area contributed by atoms with E-state index in [9.17, 15) is 0 Å². The summed E-state index contributed by atoms with van der Waals surface area (Å²) in [6.07, 6.45) is 1.02. The molecule has 5 heteroatoms. The third-order valence-corrected chi connectivity index (χ3v) is 7.71. The maximum Gasteiger partial charge on any atom is 0.153 e. The van der Waals surface area contributed by atoms with E-state index in [0.29, 0.717) is 13.2 Å². The van der Waals surface area contributed by atoms with Crippen molar-refractivity contribution in [1.29, 1.82) is 0 Å². The number of aromatic amines is 1. The molecular formula is C34H35N2O3+. The molecule has 0 amide bonds. The Bertz CT molecular complexity index is 1590. The highest BCUT2D eigenvalue weighted by atomic mass is 16.5. The number of aryl methyl sites for hydroxylation is 2. The second kappa shape index (κ2) is 10.9. The van der Waals surface area contributed by atoms with E-state index >= 15 is 0 Å². The fourth-order valence-electron chi connectivity index (χ4n) is 5.71. The van der Waals surface area contributed by atoms with Crippen molar-refractivity contribution in [2.45, 2.75) is 39.5 Å². The summed E-state index contributed by atoms with van der Waals surface area (Å²) in [4.78, 5) is 3.74. The molecule has 2 heterocycles. The molecule has 0 aliphatic carbocycles. The third kappa shape index (κ3) is 5.10. The molecule has 0 saturated heterocycles. The Morgan fingerprint density at radius 3 is 2.46 bits per heavy atom. The second-order valence-corrected chi connectivity index (χ2v) is 10.3. The highest BCUT2D eigenvalue weighted by molar-refractivity contribution is 5.86. The molecule has 0 bridgehead atoms. The van der Waals surface area contributed by atoms with E-state index in [1.807, 2.05) is 18.2 Å². The van der Waals surface area contributed by atoms with E-state index in [4.69, 9.17) is 14.2 Å². The molecule has 1 atom stereocenters. The Labute approximate surface area is 229 Å². The second-order valence-electron chi connectivity index (χ2n) is 10.3. The summed E-state index contributed by atoms with van der Waals surface area (Å²) in [5.41, 5.74) is 9.53. The molecule has 4 aromatic carbocycles. The molecule has 1 aliphatic heterocycles. The van der Waals surface area contributed by atoms with Crippen LogP contribution in [0.5, 0.6) is 17.2 Å². The Hall–Kier alpha value is -4.22. The van der Waals surface area contributed by atoms with Crippen LogP contribution in [0, 0.1) is 13.8 Å². The van der Waals surface area contributed by atoms with Crippen molar-refractivity contribution in [3.8, 4) is 17.2 Å². The minimum absolute atomic E-state index is 0.180. The van der Waals surface area contributed by atoms with Gasteiger partial charge in [-0.15, -0.1) is 0 Å². The van der Waals surface area contributed by atoms with Gasteiger partial charge in [0.2, 0.25) is 0 Å². The summed E-state index contributed by atoms with van der Waals surface area (Å²) < 4.78 is 18.2. The Balaban J connectivity index is 1.28. The van der Waals surface area contributed by atoms with Gasteiger partial charge < -0.3 is 24.5 Å². The smallest absolute Gasteiger partial charge is 0.153 e. The van der Waals surface area contributed by atoms with Crippen molar-refractivity contribution in [1.82, 2.24) is 4.98 Å². The fourth-order valence-corrected chi connectivity index (χ4v) is 5.71. The van der Waals surface area contributed by atoms with Gasteiger partial charge in [0.25, 0.3) is 0 Å². The van der Waals surface area contributed by atoms with Crippen molar-refractivity contribution in [3.63, 3.8) is 0 Å². The third-order valence-electron chi connectivity index (χ3n) is 7.71. The number of hydrogen-bond acceptors (Lipinski definition) is 3. The van der Waals surface area contributed by atoms with Crippen LogP contribution in [0.3, 0.4) is 0 Å². The SMILES string of the molecule is COc1ccc([C@@H]2[NH2+]CCc3c2[nH]c2ccc(OCc4ccccc4)cc32)cc1COc1c(C)cccc1C. The first kappa shape index (κ1) is 25.1. The van der Waals surface area contributed by atoms with Gasteiger partial charge in [-0.3, -0.25) is 0 Å². The Morgan fingerprint density at radius 1 is 0.846 bits per heavy atom. The number of nitrogens with two attached hydrogens (primary N) is 1. The molecule has 0 radical (unpaired) electrons. The topological polar surface area (TPSA) is 60.1 Å². The number of para-hydroxylation sites is 1. The van der Waals surface area contributed by atoms with Gasteiger partial charge in [0.05, 0.1) is 19.3 Å². The lowest BCUT2D eigenvalue weighted by atomic mass is 9.93. The van der Waals surface area contributed by atoms with E-state index < -0.39 is 0 Å². The predicted octanol–water partition coefficient (Wildman–Crippen LogP) is 6.16. The van der Waals surface area contributed by atoms with Crippen LogP contribution < -0.4 is 19.5 Å². The van der Waals surface area contributed by atoms with Gasteiger partial charge in [-0.2, -0.15) is 0 Å². The van der Waals surface area contributed by atoms with Crippen LogP contribution in [0.2, 0.25) is 0 Å². The number of nitrogens with one attached hydrogen (secondary N) is 1. The maximum absolute atomic E-state index is 6.31. The van der Waals surface area contributed by atoms with Crippen LogP contribution in [-0.2, 0) is 19.6 Å². The monoisotopic (exact) mass is 519 g/mol. The lowest BCUT2D eigenvalue weighted by Crippen LogP contribution is -2.87. The molecule has 1 aromatic heterocycles. The zero-order valence-corrected chi connectivity index (χ0v) is 22.8. The van der Waals surface area contributed by atoms with Crippen LogP contribution in [0.1, 0.15) is 45.1 Å². The number of methoxy groups -OCH3 is 1. The van der Waals surface area contributed by atoms with Gasteiger partial charge in [-0.05, 0) is 72.5 Å². The number of fused-ring (bicyclic) bond motifs is 3. The highest BCUT2D eigenvalue weighted by Gasteiger charge is 2.29. The average molecular weight is 520 g/mol. The van der Waals surface area contributed by atoms with Crippen molar-refractivity contribution >= 4 is 10.9 Å². The minimum atomic E-state index is 0.180. The minimum Gasteiger partial charge on any atom is -0.496 e. The lowest BCUT2D eigenvalue weighted by Gasteiger charge is -2.23. The molecular weight excluding hydrogens is 484 g/mol. The number of aromatic nitrogens is 1. The normalized spacial score (nSPS) is 14.7. The molecule has 1 aliphatic rings. The molecule has 5 aromatic rings. The van der Waals surface area contributed by atoms with Gasteiger partial charge in [0.1, 0.15) is 30.5 Å². The van der Waals surface area contributed by atoms with Crippen molar-refractivity contribution < 1.29 is 19.5 Å².